The molecule has 0 unspecified atom stereocenters. The number of hydrogen-bond donors (Lipinski definition) is 4. The van der Waals surface area contributed by atoms with Gasteiger partial charge in [-0.25, -0.2) is 14.6 Å². The number of piperidine rings is 1. The van der Waals surface area contributed by atoms with Gasteiger partial charge in [0.25, 0.3) is 5.91 Å². The van der Waals surface area contributed by atoms with Gasteiger partial charge in [-0.15, -0.1) is 0 Å². The molecule has 6 rings (SSSR count). The van der Waals surface area contributed by atoms with Gasteiger partial charge < -0.3 is 26.1 Å². The summed E-state index contributed by atoms with van der Waals surface area (Å²) in [6.45, 7) is 2.11. The number of benzene rings is 2. The molecule has 2 aromatic carbocycles. The van der Waals surface area contributed by atoms with Crippen LogP contribution in [0.5, 0.6) is 5.75 Å². The molecule has 1 fully saturated rings. The number of nitrogens with two attached hydrogens (primary N) is 2. The normalized spacial score (nSPS) is 14.4. The number of methoxy groups -OCH3 is 1. The highest BCUT2D eigenvalue weighted by molar-refractivity contribution is 6.07. The molecule has 4 heterocycles. The SMILES string of the molecule is COc1cc(-c2nn(C3CC[NH2+]CC3)c3ncnc(N)c23)ccc1NC(=O)c1ccc2[nH]ccc2c1. The van der Waals surface area contributed by atoms with Gasteiger partial charge >= 0.3 is 0 Å². The van der Waals surface area contributed by atoms with E-state index in [0.29, 0.717) is 28.5 Å². The first-order valence-electron chi connectivity index (χ1n) is 12.0. The molecule has 0 saturated carbocycles. The number of rotatable bonds is 5. The van der Waals surface area contributed by atoms with Crippen LogP contribution in [0.25, 0.3) is 33.2 Å². The molecule has 182 valence electrons. The second-order valence-corrected chi connectivity index (χ2v) is 9.00. The summed E-state index contributed by atoms with van der Waals surface area (Å²) >= 11 is 0. The Morgan fingerprint density at radius 3 is 2.86 bits per heavy atom. The molecule has 10 nitrogen and oxygen atoms in total. The van der Waals surface area contributed by atoms with Crippen LogP contribution in [0, 0.1) is 0 Å². The minimum atomic E-state index is -0.217. The molecule has 0 bridgehead atoms. The van der Waals surface area contributed by atoms with E-state index in [1.807, 2.05) is 47.3 Å². The van der Waals surface area contributed by atoms with Crippen molar-refractivity contribution in [2.24, 2.45) is 0 Å². The van der Waals surface area contributed by atoms with Crippen LogP contribution < -0.4 is 21.1 Å². The van der Waals surface area contributed by atoms with Crippen LogP contribution >= 0.6 is 0 Å². The molecule has 3 aromatic heterocycles. The second kappa shape index (κ2) is 8.97. The lowest BCUT2D eigenvalue weighted by molar-refractivity contribution is -0.664. The molecule has 36 heavy (non-hydrogen) atoms. The Morgan fingerprint density at radius 1 is 1.17 bits per heavy atom. The number of amides is 1. The summed E-state index contributed by atoms with van der Waals surface area (Å²) in [5, 5.41) is 11.9. The Morgan fingerprint density at radius 2 is 2.03 bits per heavy atom. The molecule has 1 saturated heterocycles. The van der Waals surface area contributed by atoms with E-state index in [1.165, 1.54) is 6.33 Å². The quantitative estimate of drug-likeness (QED) is 0.303. The smallest absolute Gasteiger partial charge is 0.255 e. The number of ether oxygens (including phenoxy) is 1. The maximum atomic E-state index is 13.0. The summed E-state index contributed by atoms with van der Waals surface area (Å²) in [7, 11) is 1.58. The predicted octanol–water partition coefficient (Wildman–Crippen LogP) is 2.72. The fourth-order valence-electron chi connectivity index (χ4n) is 4.94. The number of nitrogens with zero attached hydrogens (tertiary/aromatic N) is 4. The third-order valence-electron chi connectivity index (χ3n) is 6.81. The molecule has 1 amide bonds. The number of nitrogens with one attached hydrogen (secondary N) is 2. The highest BCUT2D eigenvalue weighted by Gasteiger charge is 2.25. The first kappa shape index (κ1) is 22.1. The van der Waals surface area contributed by atoms with Gasteiger partial charge in [0, 0.05) is 41.1 Å². The van der Waals surface area contributed by atoms with Crippen molar-refractivity contribution < 1.29 is 14.8 Å². The number of aromatic nitrogens is 5. The average Bonchev–Trinajstić information content (AvgIpc) is 3.54. The molecule has 0 spiro atoms. The molecule has 1 aliphatic heterocycles. The largest absolute Gasteiger partial charge is 0.495 e. The number of H-pyrrole nitrogens is 1. The molecule has 5 aromatic rings. The fourth-order valence-corrected chi connectivity index (χ4v) is 4.94. The third-order valence-corrected chi connectivity index (χ3v) is 6.81. The summed E-state index contributed by atoms with van der Waals surface area (Å²) in [5.41, 5.74) is 10.7. The van der Waals surface area contributed by atoms with Gasteiger partial charge in [-0.3, -0.25) is 4.79 Å². The molecule has 1 aliphatic rings. The number of anilines is 2. The number of carbonyl (C=O) groups is 1. The summed E-state index contributed by atoms with van der Waals surface area (Å²) in [6.07, 6.45) is 5.37. The van der Waals surface area contributed by atoms with E-state index < -0.39 is 0 Å². The molecule has 6 N–H and O–H groups in total. The zero-order chi connectivity index (χ0) is 24.6. The van der Waals surface area contributed by atoms with Crippen LogP contribution in [-0.4, -0.2) is 50.8 Å². The number of fused-ring (bicyclic) bond motifs is 2. The van der Waals surface area contributed by atoms with Crippen molar-refractivity contribution in [3.8, 4) is 17.0 Å². The van der Waals surface area contributed by atoms with Crippen LogP contribution in [0.4, 0.5) is 11.5 Å². The van der Waals surface area contributed by atoms with E-state index >= 15 is 0 Å². The second-order valence-electron chi connectivity index (χ2n) is 9.00. The Kier molecular flexibility index (Phi) is 5.49. The van der Waals surface area contributed by atoms with E-state index in [0.717, 1.165) is 53.4 Å². The van der Waals surface area contributed by atoms with Gasteiger partial charge in [0.2, 0.25) is 0 Å². The number of nitrogen functional groups attached to an aromatic ring is 1. The van der Waals surface area contributed by atoms with Gasteiger partial charge in [0.15, 0.2) is 5.65 Å². The van der Waals surface area contributed by atoms with Crippen LogP contribution in [0.1, 0.15) is 29.2 Å². The summed E-state index contributed by atoms with van der Waals surface area (Å²) < 4.78 is 7.64. The zero-order valence-corrected chi connectivity index (χ0v) is 19.9. The highest BCUT2D eigenvalue weighted by atomic mass is 16.5. The van der Waals surface area contributed by atoms with Crippen molar-refractivity contribution in [2.45, 2.75) is 18.9 Å². The van der Waals surface area contributed by atoms with Crippen molar-refractivity contribution in [1.82, 2.24) is 24.7 Å². The maximum Gasteiger partial charge on any atom is 0.255 e. The van der Waals surface area contributed by atoms with E-state index in [9.17, 15) is 4.79 Å². The Hall–Kier alpha value is -4.44. The van der Waals surface area contributed by atoms with E-state index in [4.69, 9.17) is 15.6 Å². The van der Waals surface area contributed by atoms with Gasteiger partial charge in [-0.1, -0.05) is 6.07 Å². The molecule has 10 heteroatoms. The average molecular weight is 484 g/mol. The van der Waals surface area contributed by atoms with Crippen molar-refractivity contribution in [3.05, 3.63) is 60.6 Å². The first-order valence-corrected chi connectivity index (χ1v) is 12.0. The third kappa shape index (κ3) is 3.81. The van der Waals surface area contributed by atoms with Crippen LogP contribution in [0.3, 0.4) is 0 Å². The van der Waals surface area contributed by atoms with Crippen LogP contribution in [0.2, 0.25) is 0 Å². The van der Waals surface area contributed by atoms with E-state index in [-0.39, 0.29) is 11.9 Å². The Balaban J connectivity index is 1.36. The van der Waals surface area contributed by atoms with Gasteiger partial charge in [-0.05, 0) is 36.4 Å². The first-order chi connectivity index (χ1) is 17.6. The number of hydrogen-bond acceptors (Lipinski definition) is 6. The number of aromatic amines is 1. The predicted molar refractivity (Wildman–Crippen MR) is 138 cm³/mol. The molecule has 0 radical (unpaired) electrons. The maximum absolute atomic E-state index is 13.0. The fraction of sp³-hybridized carbons (Fsp3) is 0.231. The van der Waals surface area contributed by atoms with Gasteiger partial charge in [0.05, 0.1) is 37.3 Å². The molecular formula is C26H27N8O2+. The topological polar surface area (TPSA) is 140 Å². The lowest BCUT2D eigenvalue weighted by Gasteiger charge is -2.21. The van der Waals surface area contributed by atoms with E-state index in [1.54, 1.807) is 13.2 Å². The van der Waals surface area contributed by atoms with Gasteiger partial charge in [0.1, 0.15) is 23.6 Å². The van der Waals surface area contributed by atoms with Crippen LogP contribution in [-0.2, 0) is 0 Å². The van der Waals surface area contributed by atoms with Crippen molar-refractivity contribution >= 4 is 39.3 Å². The zero-order valence-electron chi connectivity index (χ0n) is 19.9. The Bertz CT molecular complexity index is 1580. The Labute approximate surface area is 206 Å². The van der Waals surface area contributed by atoms with Crippen molar-refractivity contribution in [1.29, 1.82) is 0 Å². The monoisotopic (exact) mass is 483 g/mol. The molecular weight excluding hydrogens is 456 g/mol. The lowest BCUT2D eigenvalue weighted by Crippen LogP contribution is -2.86. The summed E-state index contributed by atoms with van der Waals surface area (Å²) in [4.78, 5) is 24.9. The van der Waals surface area contributed by atoms with E-state index in [2.05, 4.69) is 25.6 Å². The van der Waals surface area contributed by atoms with Crippen LogP contribution in [0.15, 0.2) is 55.0 Å². The summed E-state index contributed by atoms with van der Waals surface area (Å²) in [6, 6.07) is 13.3. The minimum Gasteiger partial charge on any atom is -0.495 e. The van der Waals surface area contributed by atoms with Gasteiger partial charge in [-0.2, -0.15) is 5.10 Å². The van der Waals surface area contributed by atoms with Crippen molar-refractivity contribution in [2.75, 3.05) is 31.2 Å². The number of quaternary nitrogens is 1. The standard InChI is InChI=1S/C26H26N8O2/c1-36-21-13-16(2-5-20(21)32-26(35)17-3-4-19-15(12-17)6-11-29-19)23-22-24(27)30-14-31-25(22)34(33-23)18-7-9-28-10-8-18/h2-6,11-14,18,28-29H,7-10H2,1H3,(H,32,35)(H2,27,30,31)/p+1. The van der Waals surface area contributed by atoms with Crippen molar-refractivity contribution in [3.63, 3.8) is 0 Å². The highest BCUT2D eigenvalue weighted by Crippen LogP contribution is 2.36. The molecule has 0 atom stereocenters. The summed E-state index contributed by atoms with van der Waals surface area (Å²) in [5.74, 6) is 0.694. The lowest BCUT2D eigenvalue weighted by atomic mass is 10.1. The molecule has 0 aliphatic carbocycles. The minimum absolute atomic E-state index is 0.217. The number of carbonyl (C=O) groups excluding carboxylic acids is 1.